The van der Waals surface area contributed by atoms with Gasteiger partial charge in [-0.15, -0.1) is 0 Å². The Morgan fingerprint density at radius 3 is 2.86 bits per heavy atom. The van der Waals surface area contributed by atoms with Gasteiger partial charge in [-0.1, -0.05) is 12.1 Å². The van der Waals surface area contributed by atoms with Gasteiger partial charge < -0.3 is 16.0 Å². The molecule has 0 atom stereocenters. The summed E-state index contributed by atoms with van der Waals surface area (Å²) >= 11 is 0. The van der Waals surface area contributed by atoms with Crippen LogP contribution < -0.4 is 16.0 Å². The van der Waals surface area contributed by atoms with Crippen LogP contribution in [0.15, 0.2) is 41.8 Å². The van der Waals surface area contributed by atoms with Crippen molar-refractivity contribution in [2.45, 2.75) is 18.3 Å². The summed E-state index contributed by atoms with van der Waals surface area (Å²) in [7, 11) is 3.60. The molecule has 0 spiro atoms. The molecule has 4 rings (SSSR count). The molecule has 3 N–H and O–H groups in total. The van der Waals surface area contributed by atoms with Gasteiger partial charge in [0.15, 0.2) is 11.6 Å². The molecule has 0 amide bonds. The van der Waals surface area contributed by atoms with E-state index < -0.39 is 0 Å². The number of nitrogens with one attached hydrogen (secondary N) is 3. The molecule has 29 heavy (non-hydrogen) atoms. The van der Waals surface area contributed by atoms with Crippen LogP contribution in [0.2, 0.25) is 0 Å². The topological polar surface area (TPSA) is 92.1 Å². The number of guanidine groups is 1. The first-order valence-corrected chi connectivity index (χ1v) is 9.68. The van der Waals surface area contributed by atoms with Crippen LogP contribution in [0.4, 0.5) is 10.2 Å². The molecule has 8 nitrogen and oxygen atoms in total. The highest BCUT2D eigenvalue weighted by molar-refractivity contribution is 5.86. The summed E-state index contributed by atoms with van der Waals surface area (Å²) in [6, 6.07) is 6.89. The van der Waals surface area contributed by atoms with Crippen molar-refractivity contribution in [1.82, 2.24) is 30.4 Å². The molecule has 152 valence electrons. The highest BCUT2D eigenvalue weighted by Gasteiger charge is 2.44. The van der Waals surface area contributed by atoms with Gasteiger partial charge >= 0.3 is 0 Å². The molecule has 1 aromatic carbocycles. The third kappa shape index (κ3) is 4.13. The lowest BCUT2D eigenvalue weighted by Gasteiger charge is -2.19. The third-order valence-electron chi connectivity index (χ3n) is 5.35. The van der Waals surface area contributed by atoms with Crippen LogP contribution in [0, 0.1) is 5.82 Å². The van der Waals surface area contributed by atoms with Crippen molar-refractivity contribution < 1.29 is 4.39 Å². The fourth-order valence-electron chi connectivity index (χ4n) is 3.48. The quantitative estimate of drug-likeness (QED) is 0.321. The zero-order valence-corrected chi connectivity index (χ0v) is 16.6. The number of aromatic nitrogens is 4. The van der Waals surface area contributed by atoms with E-state index in [9.17, 15) is 4.39 Å². The monoisotopic (exact) mass is 396 g/mol. The average Bonchev–Trinajstić information content (AvgIpc) is 3.44. The normalized spacial score (nSPS) is 15.3. The van der Waals surface area contributed by atoms with Crippen molar-refractivity contribution in [2.75, 3.05) is 32.0 Å². The lowest BCUT2D eigenvalue weighted by Crippen LogP contribution is -2.42. The Morgan fingerprint density at radius 2 is 2.10 bits per heavy atom. The predicted octanol–water partition coefficient (Wildman–Crippen LogP) is 1.81. The Hall–Kier alpha value is -3.23. The molecule has 0 bridgehead atoms. The fraction of sp³-hybridized carbons (Fsp3) is 0.400. The first-order valence-electron chi connectivity index (χ1n) is 9.68. The van der Waals surface area contributed by atoms with Crippen molar-refractivity contribution in [3.8, 4) is 0 Å². The Kier molecular flexibility index (Phi) is 5.28. The first-order chi connectivity index (χ1) is 14.1. The van der Waals surface area contributed by atoms with Crippen LogP contribution in [0.1, 0.15) is 18.4 Å². The number of aliphatic imine (C=N–C) groups is 1. The van der Waals surface area contributed by atoms with Gasteiger partial charge in [-0.3, -0.25) is 9.67 Å². The summed E-state index contributed by atoms with van der Waals surface area (Å²) in [4.78, 5) is 12.8. The summed E-state index contributed by atoms with van der Waals surface area (Å²) in [5.74, 6) is 1.30. The third-order valence-corrected chi connectivity index (χ3v) is 5.35. The molecule has 0 radical (unpaired) electrons. The van der Waals surface area contributed by atoms with Gasteiger partial charge in [-0.05, 0) is 30.5 Å². The number of hydrogen-bond donors (Lipinski definition) is 3. The minimum Gasteiger partial charge on any atom is -0.368 e. The van der Waals surface area contributed by atoms with Crippen molar-refractivity contribution in [3.05, 3.63) is 48.2 Å². The van der Waals surface area contributed by atoms with Gasteiger partial charge in [0.05, 0.1) is 11.6 Å². The second-order valence-electron chi connectivity index (χ2n) is 7.30. The van der Waals surface area contributed by atoms with E-state index in [1.165, 1.54) is 12.4 Å². The molecule has 1 saturated carbocycles. The van der Waals surface area contributed by atoms with E-state index in [4.69, 9.17) is 0 Å². The van der Waals surface area contributed by atoms with E-state index in [2.05, 4.69) is 36.0 Å². The number of halogens is 1. The number of fused-ring (bicyclic) bond motifs is 1. The molecular formula is C20H25FN8. The molecule has 1 aliphatic rings. The van der Waals surface area contributed by atoms with Crippen molar-refractivity contribution >= 4 is 22.8 Å². The number of anilines is 1. The highest BCUT2D eigenvalue weighted by atomic mass is 19.1. The SMILES string of the molecule is CN=C(NCCNc1ncnc2c1cnn2C)NCC1(c2cccc(F)c2)CC1. The molecule has 0 aliphatic heterocycles. The van der Waals surface area contributed by atoms with E-state index >= 15 is 0 Å². The average molecular weight is 396 g/mol. The van der Waals surface area contributed by atoms with E-state index in [0.29, 0.717) is 13.1 Å². The van der Waals surface area contributed by atoms with Gasteiger partial charge in [0.25, 0.3) is 0 Å². The van der Waals surface area contributed by atoms with E-state index in [1.54, 1.807) is 30.1 Å². The fourth-order valence-corrected chi connectivity index (χ4v) is 3.48. The largest absolute Gasteiger partial charge is 0.368 e. The second-order valence-corrected chi connectivity index (χ2v) is 7.30. The Morgan fingerprint density at radius 1 is 1.24 bits per heavy atom. The Labute approximate surface area is 168 Å². The summed E-state index contributed by atoms with van der Waals surface area (Å²) < 4.78 is 15.3. The van der Waals surface area contributed by atoms with Crippen LogP contribution in [-0.4, -0.2) is 52.4 Å². The van der Waals surface area contributed by atoms with E-state index in [-0.39, 0.29) is 11.2 Å². The van der Waals surface area contributed by atoms with Gasteiger partial charge in [-0.2, -0.15) is 5.10 Å². The Bertz CT molecular complexity index is 1020. The predicted molar refractivity (Wildman–Crippen MR) is 111 cm³/mol. The Balaban J connectivity index is 1.27. The summed E-state index contributed by atoms with van der Waals surface area (Å²) in [6.45, 7) is 2.06. The van der Waals surface area contributed by atoms with Gasteiger partial charge in [0.2, 0.25) is 0 Å². The number of nitrogens with zero attached hydrogens (tertiary/aromatic N) is 5. The zero-order chi connectivity index (χ0) is 20.3. The van der Waals surface area contributed by atoms with Crippen LogP contribution in [-0.2, 0) is 12.5 Å². The highest BCUT2D eigenvalue weighted by Crippen LogP contribution is 2.47. The van der Waals surface area contributed by atoms with Crippen LogP contribution in [0.5, 0.6) is 0 Å². The number of hydrogen-bond acceptors (Lipinski definition) is 5. The summed E-state index contributed by atoms with van der Waals surface area (Å²) in [6.07, 6.45) is 5.39. The maximum Gasteiger partial charge on any atom is 0.191 e. The maximum absolute atomic E-state index is 13.6. The number of rotatable bonds is 7. The lowest BCUT2D eigenvalue weighted by atomic mass is 9.96. The van der Waals surface area contributed by atoms with Crippen molar-refractivity contribution in [3.63, 3.8) is 0 Å². The number of benzene rings is 1. The standard InChI is InChI=1S/C20H25FN8/c1-22-19(25-12-20(6-7-20)14-4-3-5-15(21)10-14)24-9-8-23-17-16-11-28-29(2)18(16)27-13-26-17/h3-5,10-11,13H,6-9,12H2,1-2H3,(H2,22,24,25)(H,23,26,27). The second kappa shape index (κ2) is 8.02. The van der Waals surface area contributed by atoms with Gasteiger partial charge in [-0.25, -0.2) is 14.4 Å². The minimum atomic E-state index is -0.185. The summed E-state index contributed by atoms with van der Waals surface area (Å²) in [5, 5.41) is 15.1. The molecule has 1 fully saturated rings. The van der Waals surface area contributed by atoms with Crippen molar-refractivity contribution in [1.29, 1.82) is 0 Å². The maximum atomic E-state index is 13.6. The molecular weight excluding hydrogens is 371 g/mol. The molecule has 3 aromatic rings. The molecule has 2 aromatic heterocycles. The zero-order valence-electron chi connectivity index (χ0n) is 16.6. The molecule has 0 saturated heterocycles. The smallest absolute Gasteiger partial charge is 0.191 e. The molecule has 1 aliphatic carbocycles. The van der Waals surface area contributed by atoms with Gasteiger partial charge in [0, 0.05) is 39.1 Å². The van der Waals surface area contributed by atoms with Crippen molar-refractivity contribution in [2.24, 2.45) is 12.0 Å². The first kappa shape index (κ1) is 19.1. The molecule has 2 heterocycles. The molecule has 9 heteroatoms. The van der Waals surface area contributed by atoms with E-state index in [1.807, 2.05) is 13.1 Å². The van der Waals surface area contributed by atoms with Crippen LogP contribution in [0.3, 0.4) is 0 Å². The lowest BCUT2D eigenvalue weighted by molar-refractivity contribution is 0.607. The van der Waals surface area contributed by atoms with Gasteiger partial charge in [0.1, 0.15) is 18.0 Å². The minimum absolute atomic E-state index is 0.00481. The van der Waals surface area contributed by atoms with Crippen LogP contribution >= 0.6 is 0 Å². The summed E-state index contributed by atoms with van der Waals surface area (Å²) in [5.41, 5.74) is 1.84. The number of aryl methyl sites for hydroxylation is 1. The van der Waals surface area contributed by atoms with E-state index in [0.717, 1.165) is 47.8 Å². The van der Waals surface area contributed by atoms with Crippen LogP contribution in [0.25, 0.3) is 11.0 Å². The molecule has 0 unspecified atom stereocenters.